The average molecular weight is 210 g/mol. The molecule has 2 aliphatic rings. The van der Waals surface area contributed by atoms with Gasteiger partial charge in [-0.25, -0.2) is 0 Å². The topological polar surface area (TPSA) is 29.3 Å². The van der Waals surface area contributed by atoms with Gasteiger partial charge < -0.3 is 5.73 Å². The Labute approximate surface area is 94.2 Å². The molecule has 2 nitrogen and oxygen atoms in total. The largest absolute Gasteiger partial charge is 0.329 e. The van der Waals surface area contributed by atoms with Crippen LogP contribution < -0.4 is 5.73 Å². The standard InChI is InChI=1S/C13H26N2/c1-11-6-4-8-13(11,10-14)15-9-5-7-12(15,2)3/h11H,4-10,14H2,1-3H3. The zero-order valence-electron chi connectivity index (χ0n) is 10.6. The number of likely N-dealkylation sites (tertiary alicyclic amines) is 1. The lowest BCUT2D eigenvalue weighted by molar-refractivity contribution is 0.0119. The van der Waals surface area contributed by atoms with Crippen LogP contribution in [0.2, 0.25) is 0 Å². The summed E-state index contributed by atoms with van der Waals surface area (Å²) >= 11 is 0. The highest BCUT2D eigenvalue weighted by molar-refractivity contribution is 5.06. The third-order valence-corrected chi connectivity index (χ3v) is 4.96. The van der Waals surface area contributed by atoms with Crippen molar-refractivity contribution in [2.45, 2.75) is 64.0 Å². The normalized spacial score (nSPS) is 41.2. The second kappa shape index (κ2) is 3.74. The number of nitrogens with zero attached hydrogens (tertiary/aromatic N) is 1. The van der Waals surface area contributed by atoms with Gasteiger partial charge in [-0.15, -0.1) is 0 Å². The smallest absolute Gasteiger partial charge is 0.0362 e. The summed E-state index contributed by atoms with van der Waals surface area (Å²) in [6, 6.07) is 0. The van der Waals surface area contributed by atoms with E-state index in [0.29, 0.717) is 11.1 Å². The van der Waals surface area contributed by atoms with Crippen molar-refractivity contribution in [1.29, 1.82) is 0 Å². The van der Waals surface area contributed by atoms with Crippen molar-refractivity contribution in [3.05, 3.63) is 0 Å². The van der Waals surface area contributed by atoms with Crippen molar-refractivity contribution in [3.8, 4) is 0 Å². The molecule has 2 unspecified atom stereocenters. The summed E-state index contributed by atoms with van der Waals surface area (Å²) in [5.74, 6) is 0.778. The van der Waals surface area contributed by atoms with E-state index in [1.807, 2.05) is 0 Å². The minimum absolute atomic E-state index is 0.319. The van der Waals surface area contributed by atoms with Gasteiger partial charge in [0, 0.05) is 17.6 Å². The molecule has 0 radical (unpaired) electrons. The molecule has 2 fully saturated rings. The Morgan fingerprint density at radius 2 is 2.00 bits per heavy atom. The molecule has 2 atom stereocenters. The molecular formula is C13H26N2. The van der Waals surface area contributed by atoms with Crippen LogP contribution in [0.1, 0.15) is 52.9 Å². The van der Waals surface area contributed by atoms with E-state index in [1.54, 1.807) is 0 Å². The summed E-state index contributed by atoms with van der Waals surface area (Å²) in [6.07, 6.45) is 6.73. The molecule has 1 saturated carbocycles. The van der Waals surface area contributed by atoms with Crippen LogP contribution in [0.25, 0.3) is 0 Å². The van der Waals surface area contributed by atoms with E-state index in [-0.39, 0.29) is 0 Å². The van der Waals surface area contributed by atoms with Crippen molar-refractivity contribution in [1.82, 2.24) is 4.90 Å². The second-order valence-corrected chi connectivity index (χ2v) is 6.17. The average Bonchev–Trinajstić information content (AvgIpc) is 2.70. The highest BCUT2D eigenvalue weighted by Gasteiger charge is 2.50. The minimum Gasteiger partial charge on any atom is -0.329 e. The molecule has 2 heteroatoms. The van der Waals surface area contributed by atoms with Crippen molar-refractivity contribution in [2.24, 2.45) is 11.7 Å². The fraction of sp³-hybridized carbons (Fsp3) is 1.00. The van der Waals surface area contributed by atoms with Crippen LogP contribution in [-0.2, 0) is 0 Å². The van der Waals surface area contributed by atoms with Crippen molar-refractivity contribution in [2.75, 3.05) is 13.1 Å². The molecule has 0 amide bonds. The molecule has 0 aromatic rings. The maximum absolute atomic E-state index is 6.12. The van der Waals surface area contributed by atoms with Crippen LogP contribution in [0, 0.1) is 5.92 Å². The van der Waals surface area contributed by atoms with Crippen LogP contribution in [0.5, 0.6) is 0 Å². The second-order valence-electron chi connectivity index (χ2n) is 6.17. The molecule has 2 rings (SSSR count). The molecule has 0 aromatic carbocycles. The van der Waals surface area contributed by atoms with Crippen molar-refractivity contribution >= 4 is 0 Å². The zero-order chi connectivity index (χ0) is 11.1. The fourth-order valence-corrected chi connectivity index (χ4v) is 3.98. The number of hydrogen-bond acceptors (Lipinski definition) is 2. The molecule has 0 bridgehead atoms. The quantitative estimate of drug-likeness (QED) is 0.758. The molecule has 88 valence electrons. The minimum atomic E-state index is 0.319. The predicted molar refractivity (Wildman–Crippen MR) is 64.8 cm³/mol. The lowest BCUT2D eigenvalue weighted by Gasteiger charge is -2.48. The number of rotatable bonds is 2. The van der Waals surface area contributed by atoms with Gasteiger partial charge in [-0.1, -0.05) is 13.3 Å². The van der Waals surface area contributed by atoms with Gasteiger partial charge in [0.15, 0.2) is 0 Å². The summed E-state index contributed by atoms with van der Waals surface area (Å²) < 4.78 is 0. The van der Waals surface area contributed by atoms with Gasteiger partial charge in [0.25, 0.3) is 0 Å². The van der Waals surface area contributed by atoms with E-state index in [4.69, 9.17) is 5.73 Å². The molecule has 15 heavy (non-hydrogen) atoms. The maximum Gasteiger partial charge on any atom is 0.0362 e. The first-order chi connectivity index (χ1) is 7.03. The number of hydrogen-bond donors (Lipinski definition) is 1. The van der Waals surface area contributed by atoms with Crippen LogP contribution in [0.4, 0.5) is 0 Å². The lowest BCUT2D eigenvalue weighted by Crippen LogP contribution is -2.60. The Bertz CT molecular complexity index is 237. The predicted octanol–water partition coefficient (Wildman–Crippen LogP) is 2.38. The maximum atomic E-state index is 6.12. The summed E-state index contributed by atoms with van der Waals surface area (Å²) in [6.45, 7) is 9.28. The van der Waals surface area contributed by atoms with Crippen LogP contribution in [0.15, 0.2) is 0 Å². The van der Waals surface area contributed by atoms with E-state index < -0.39 is 0 Å². The fourth-order valence-electron chi connectivity index (χ4n) is 3.98. The van der Waals surface area contributed by atoms with E-state index in [9.17, 15) is 0 Å². The molecular weight excluding hydrogens is 184 g/mol. The number of nitrogens with two attached hydrogens (primary N) is 1. The Kier molecular flexibility index (Phi) is 2.85. The van der Waals surface area contributed by atoms with Crippen LogP contribution in [0.3, 0.4) is 0 Å². The van der Waals surface area contributed by atoms with Gasteiger partial charge in [-0.2, -0.15) is 0 Å². The Balaban J connectivity index is 2.26. The van der Waals surface area contributed by atoms with E-state index >= 15 is 0 Å². The molecule has 0 aromatic heterocycles. The molecule has 1 heterocycles. The van der Waals surface area contributed by atoms with Crippen LogP contribution >= 0.6 is 0 Å². The Hall–Kier alpha value is -0.0800. The molecule has 1 aliphatic carbocycles. The first kappa shape index (κ1) is 11.4. The van der Waals surface area contributed by atoms with Gasteiger partial charge in [0.2, 0.25) is 0 Å². The Morgan fingerprint density at radius 1 is 1.27 bits per heavy atom. The van der Waals surface area contributed by atoms with E-state index in [0.717, 1.165) is 12.5 Å². The van der Waals surface area contributed by atoms with Crippen LogP contribution in [-0.4, -0.2) is 29.1 Å². The molecule has 0 spiro atoms. The Morgan fingerprint density at radius 3 is 2.40 bits per heavy atom. The molecule has 1 aliphatic heterocycles. The first-order valence-corrected chi connectivity index (χ1v) is 6.51. The lowest BCUT2D eigenvalue weighted by atomic mass is 9.83. The molecule has 1 saturated heterocycles. The summed E-state index contributed by atoms with van der Waals surface area (Å²) in [4.78, 5) is 2.73. The van der Waals surface area contributed by atoms with Gasteiger partial charge in [0.05, 0.1) is 0 Å². The van der Waals surface area contributed by atoms with Gasteiger partial charge in [-0.3, -0.25) is 4.90 Å². The molecule has 2 N–H and O–H groups in total. The first-order valence-electron chi connectivity index (χ1n) is 6.51. The van der Waals surface area contributed by atoms with Gasteiger partial charge in [0.1, 0.15) is 0 Å². The third kappa shape index (κ3) is 1.62. The van der Waals surface area contributed by atoms with Crippen molar-refractivity contribution < 1.29 is 0 Å². The summed E-state index contributed by atoms with van der Waals surface area (Å²) in [5, 5.41) is 0. The summed E-state index contributed by atoms with van der Waals surface area (Å²) in [5.41, 5.74) is 6.81. The monoisotopic (exact) mass is 210 g/mol. The van der Waals surface area contributed by atoms with E-state index in [2.05, 4.69) is 25.7 Å². The van der Waals surface area contributed by atoms with Gasteiger partial charge >= 0.3 is 0 Å². The zero-order valence-corrected chi connectivity index (χ0v) is 10.6. The van der Waals surface area contributed by atoms with E-state index in [1.165, 1.54) is 38.6 Å². The summed E-state index contributed by atoms with van der Waals surface area (Å²) in [7, 11) is 0. The highest BCUT2D eigenvalue weighted by atomic mass is 15.3. The SMILES string of the molecule is CC1CCCC1(CN)N1CCCC1(C)C. The third-order valence-electron chi connectivity index (χ3n) is 4.96. The highest BCUT2D eigenvalue weighted by Crippen LogP contribution is 2.46. The van der Waals surface area contributed by atoms with Crippen molar-refractivity contribution in [3.63, 3.8) is 0 Å². The van der Waals surface area contributed by atoms with Gasteiger partial charge in [-0.05, 0) is 52.0 Å².